The van der Waals surface area contributed by atoms with Crippen LogP contribution in [0.5, 0.6) is 0 Å². The molecule has 0 rings (SSSR count). The van der Waals surface area contributed by atoms with Crippen molar-refractivity contribution in [2.75, 3.05) is 0 Å². The van der Waals surface area contributed by atoms with Crippen molar-refractivity contribution in [2.24, 2.45) is 21.5 Å². The Hall–Kier alpha value is -1.58. The van der Waals surface area contributed by atoms with Crippen LogP contribution in [-0.2, 0) is 0 Å². The molecular weight excluding hydrogens is 152 g/mol. The van der Waals surface area contributed by atoms with Gasteiger partial charge in [0.05, 0.1) is 0 Å². The van der Waals surface area contributed by atoms with Crippen molar-refractivity contribution in [2.45, 2.75) is 13.8 Å². The fourth-order valence-electron chi connectivity index (χ4n) is 0.659. The lowest BCUT2D eigenvalue weighted by Gasteiger charge is -2.01. The molecule has 0 saturated carbocycles. The maximum Gasteiger partial charge on any atom is 0.151 e. The third kappa shape index (κ3) is 3.01. The van der Waals surface area contributed by atoms with E-state index < -0.39 is 0 Å². The average Bonchev–Trinajstić information content (AvgIpc) is 1.99. The molecule has 0 aromatic rings. The third-order valence-corrected chi connectivity index (χ3v) is 1.10. The molecule has 0 bridgehead atoms. The van der Waals surface area contributed by atoms with Gasteiger partial charge < -0.3 is 11.5 Å². The van der Waals surface area contributed by atoms with Crippen molar-refractivity contribution < 1.29 is 0 Å². The molecule has 0 unspecified atom stereocenters. The predicted molar refractivity (Wildman–Crippen MR) is 52.9 cm³/mol. The molecular formula is C8H14N4. The Morgan fingerprint density at radius 1 is 1.42 bits per heavy atom. The van der Waals surface area contributed by atoms with Crippen LogP contribution in [0.15, 0.2) is 34.2 Å². The van der Waals surface area contributed by atoms with Gasteiger partial charge in [0, 0.05) is 18.1 Å². The molecule has 0 aromatic heterocycles. The van der Waals surface area contributed by atoms with Gasteiger partial charge in [0.25, 0.3) is 0 Å². The summed E-state index contributed by atoms with van der Waals surface area (Å²) in [5.41, 5.74) is 12.1. The lowest BCUT2D eigenvalue weighted by Crippen LogP contribution is -2.17. The number of amidine groups is 1. The molecule has 0 saturated heterocycles. The van der Waals surface area contributed by atoms with Crippen molar-refractivity contribution in [1.29, 1.82) is 0 Å². The van der Waals surface area contributed by atoms with E-state index in [9.17, 15) is 0 Å². The van der Waals surface area contributed by atoms with Gasteiger partial charge in [0.15, 0.2) is 5.84 Å². The van der Waals surface area contributed by atoms with Gasteiger partial charge in [-0.3, -0.25) is 4.99 Å². The van der Waals surface area contributed by atoms with Crippen LogP contribution in [0.3, 0.4) is 0 Å². The minimum absolute atomic E-state index is 0.281. The lowest BCUT2D eigenvalue weighted by molar-refractivity contribution is 1.22. The zero-order valence-corrected chi connectivity index (χ0v) is 7.41. The van der Waals surface area contributed by atoms with E-state index in [1.54, 1.807) is 20.1 Å². The normalized spacial score (nSPS) is 14.7. The molecule has 0 radical (unpaired) electrons. The second kappa shape index (κ2) is 5.12. The number of hydrogen-bond acceptors (Lipinski definition) is 3. The van der Waals surface area contributed by atoms with E-state index in [-0.39, 0.29) is 5.84 Å². The average molecular weight is 166 g/mol. The van der Waals surface area contributed by atoms with Crippen molar-refractivity contribution in [3.05, 3.63) is 24.2 Å². The molecule has 0 spiro atoms. The van der Waals surface area contributed by atoms with Gasteiger partial charge in [-0.2, -0.15) is 0 Å². The topological polar surface area (TPSA) is 76.8 Å². The van der Waals surface area contributed by atoms with E-state index in [1.165, 1.54) is 6.20 Å². The Bertz CT molecular complexity index is 244. The van der Waals surface area contributed by atoms with Crippen LogP contribution in [0, 0.1) is 0 Å². The molecule has 0 aliphatic rings. The van der Waals surface area contributed by atoms with Crippen LogP contribution in [0.25, 0.3) is 0 Å². The first-order valence-electron chi connectivity index (χ1n) is 3.53. The standard InChI is InChI=1S/C8H14N4/c1-4-11-7(6(3)9)8(10)12-5-2/h4-5H,2,9H2,1,3H3,(H2,10,12)/b7-6+,11-4?. The van der Waals surface area contributed by atoms with Crippen molar-refractivity contribution in [1.82, 2.24) is 0 Å². The minimum Gasteiger partial charge on any atom is -0.400 e. The van der Waals surface area contributed by atoms with E-state index in [1.807, 2.05) is 0 Å². The molecule has 0 atom stereocenters. The fraction of sp³-hybridized carbons (Fsp3) is 0.250. The largest absolute Gasteiger partial charge is 0.400 e. The molecule has 4 nitrogen and oxygen atoms in total. The summed E-state index contributed by atoms with van der Waals surface area (Å²) in [7, 11) is 0. The summed E-state index contributed by atoms with van der Waals surface area (Å²) in [4.78, 5) is 7.74. The van der Waals surface area contributed by atoms with Gasteiger partial charge in [-0.1, -0.05) is 6.58 Å². The second-order valence-electron chi connectivity index (χ2n) is 2.12. The van der Waals surface area contributed by atoms with Gasteiger partial charge in [0.1, 0.15) is 5.70 Å². The summed E-state index contributed by atoms with van der Waals surface area (Å²) >= 11 is 0. The van der Waals surface area contributed by atoms with E-state index in [4.69, 9.17) is 11.5 Å². The Balaban J connectivity index is 4.90. The van der Waals surface area contributed by atoms with Crippen molar-refractivity contribution >= 4 is 12.1 Å². The highest BCUT2D eigenvalue weighted by atomic mass is 14.9. The molecule has 0 heterocycles. The van der Waals surface area contributed by atoms with Crippen LogP contribution >= 0.6 is 0 Å². The molecule has 0 aliphatic carbocycles. The van der Waals surface area contributed by atoms with Gasteiger partial charge in [-0.05, 0) is 13.8 Å². The number of nitrogens with zero attached hydrogens (tertiary/aromatic N) is 2. The molecule has 4 N–H and O–H groups in total. The first-order chi connectivity index (χ1) is 5.63. The SMILES string of the molecule is C=CN=C(N)/C(N=CC)=C(/C)N. The first-order valence-corrected chi connectivity index (χ1v) is 3.53. The molecule has 0 aliphatic heterocycles. The van der Waals surface area contributed by atoms with Crippen LogP contribution in [0.4, 0.5) is 0 Å². The van der Waals surface area contributed by atoms with Gasteiger partial charge >= 0.3 is 0 Å². The molecule has 66 valence electrons. The molecule has 12 heavy (non-hydrogen) atoms. The number of allylic oxidation sites excluding steroid dienone is 1. The van der Waals surface area contributed by atoms with Gasteiger partial charge in [0.2, 0.25) is 0 Å². The van der Waals surface area contributed by atoms with E-state index in [0.29, 0.717) is 11.4 Å². The zero-order valence-electron chi connectivity index (χ0n) is 7.41. The number of aliphatic imine (C=N–C) groups is 2. The van der Waals surface area contributed by atoms with Crippen LogP contribution in [0.2, 0.25) is 0 Å². The van der Waals surface area contributed by atoms with Crippen LogP contribution in [-0.4, -0.2) is 12.1 Å². The number of rotatable bonds is 3. The van der Waals surface area contributed by atoms with Crippen molar-refractivity contribution in [3.63, 3.8) is 0 Å². The smallest absolute Gasteiger partial charge is 0.151 e. The highest BCUT2D eigenvalue weighted by molar-refractivity contribution is 5.98. The summed E-state index contributed by atoms with van der Waals surface area (Å²) in [5.74, 6) is 0.281. The Kier molecular flexibility index (Phi) is 4.45. The monoisotopic (exact) mass is 166 g/mol. The van der Waals surface area contributed by atoms with E-state index in [2.05, 4.69) is 16.6 Å². The molecule has 0 amide bonds. The summed E-state index contributed by atoms with van der Waals surface area (Å²) in [5, 5.41) is 0. The van der Waals surface area contributed by atoms with Gasteiger partial charge in [-0.15, -0.1) is 0 Å². The number of nitrogens with two attached hydrogens (primary N) is 2. The predicted octanol–water partition coefficient (Wildman–Crippen LogP) is 0.768. The third-order valence-electron chi connectivity index (χ3n) is 1.10. The van der Waals surface area contributed by atoms with E-state index >= 15 is 0 Å². The summed E-state index contributed by atoms with van der Waals surface area (Å²) < 4.78 is 0. The Labute approximate surface area is 72.4 Å². The molecule has 0 aromatic carbocycles. The molecule has 4 heteroatoms. The maximum atomic E-state index is 5.54. The van der Waals surface area contributed by atoms with E-state index in [0.717, 1.165) is 0 Å². The number of hydrogen-bond donors (Lipinski definition) is 2. The fourth-order valence-corrected chi connectivity index (χ4v) is 0.659. The lowest BCUT2D eigenvalue weighted by atomic mass is 10.3. The zero-order chi connectivity index (χ0) is 9.56. The first kappa shape index (κ1) is 10.4. The maximum absolute atomic E-state index is 5.54. The second-order valence-corrected chi connectivity index (χ2v) is 2.12. The summed E-state index contributed by atoms with van der Waals surface area (Å²) in [6.07, 6.45) is 2.96. The van der Waals surface area contributed by atoms with Crippen LogP contribution in [0.1, 0.15) is 13.8 Å². The molecule has 0 fully saturated rings. The van der Waals surface area contributed by atoms with Crippen LogP contribution < -0.4 is 11.5 Å². The quantitative estimate of drug-likeness (QED) is 0.480. The van der Waals surface area contributed by atoms with Crippen molar-refractivity contribution in [3.8, 4) is 0 Å². The minimum atomic E-state index is 0.281. The van der Waals surface area contributed by atoms with Gasteiger partial charge in [-0.25, -0.2) is 4.99 Å². The Morgan fingerprint density at radius 2 is 2.00 bits per heavy atom. The Morgan fingerprint density at radius 3 is 2.33 bits per heavy atom. The summed E-state index contributed by atoms with van der Waals surface area (Å²) in [6, 6.07) is 0. The highest BCUT2D eigenvalue weighted by Crippen LogP contribution is 2.00. The summed E-state index contributed by atoms with van der Waals surface area (Å²) in [6.45, 7) is 6.92. The highest BCUT2D eigenvalue weighted by Gasteiger charge is 2.01.